The number of anilines is 1. The van der Waals surface area contributed by atoms with Crippen LogP contribution in [0.5, 0.6) is 0 Å². The molecule has 7 nitrogen and oxygen atoms in total. The fourth-order valence-electron chi connectivity index (χ4n) is 1.94. The van der Waals surface area contributed by atoms with Crippen molar-refractivity contribution < 1.29 is 14.8 Å². The van der Waals surface area contributed by atoms with Gasteiger partial charge < -0.3 is 15.2 Å². The smallest absolute Gasteiger partial charge is 0.312 e. The molecular formula is C11H14ClN3O4. The molecule has 104 valence electrons. The minimum atomic E-state index is -1.05. The van der Waals surface area contributed by atoms with E-state index in [2.05, 4.69) is 10.3 Å². The summed E-state index contributed by atoms with van der Waals surface area (Å²) in [4.78, 5) is 14.2. The van der Waals surface area contributed by atoms with Crippen LogP contribution in [0.2, 0.25) is 5.02 Å². The molecule has 1 aromatic rings. The van der Waals surface area contributed by atoms with Gasteiger partial charge in [-0.15, -0.1) is 0 Å². The molecule has 19 heavy (non-hydrogen) atoms. The lowest BCUT2D eigenvalue weighted by atomic mass is 9.97. The molecule has 1 aliphatic heterocycles. The summed E-state index contributed by atoms with van der Waals surface area (Å²) < 4.78 is 5.29. The number of aliphatic hydroxyl groups is 1. The molecule has 0 aliphatic carbocycles. The summed E-state index contributed by atoms with van der Waals surface area (Å²) in [5.74, 6) is 0.0851. The van der Waals surface area contributed by atoms with Gasteiger partial charge in [0, 0.05) is 31.8 Å². The van der Waals surface area contributed by atoms with Gasteiger partial charge >= 0.3 is 5.69 Å². The first-order valence-electron chi connectivity index (χ1n) is 5.80. The van der Waals surface area contributed by atoms with Gasteiger partial charge in [-0.25, -0.2) is 4.98 Å². The number of hydrogen-bond donors (Lipinski definition) is 2. The van der Waals surface area contributed by atoms with Crippen LogP contribution in [0.3, 0.4) is 0 Å². The third kappa shape index (κ3) is 2.94. The number of aromatic nitrogens is 1. The number of nitrogens with one attached hydrogen (secondary N) is 1. The van der Waals surface area contributed by atoms with Crippen LogP contribution in [0.4, 0.5) is 11.5 Å². The molecule has 2 heterocycles. The number of rotatable bonds is 4. The van der Waals surface area contributed by atoms with Crippen molar-refractivity contribution in [3.05, 3.63) is 27.4 Å². The Labute approximate surface area is 114 Å². The van der Waals surface area contributed by atoms with Crippen LogP contribution in [0.15, 0.2) is 12.3 Å². The molecule has 2 atom stereocenters. The van der Waals surface area contributed by atoms with Crippen LogP contribution < -0.4 is 5.32 Å². The van der Waals surface area contributed by atoms with Crippen molar-refractivity contribution in [1.82, 2.24) is 4.98 Å². The van der Waals surface area contributed by atoms with E-state index in [4.69, 9.17) is 16.3 Å². The van der Waals surface area contributed by atoms with Crippen LogP contribution >= 0.6 is 11.6 Å². The second kappa shape index (κ2) is 5.28. The third-order valence-electron chi connectivity index (χ3n) is 3.25. The maximum atomic E-state index is 10.9. The SMILES string of the molecule is CC1OCCC1(O)CNc1ncc(Cl)cc1[N+](=O)[O-]. The lowest BCUT2D eigenvalue weighted by Gasteiger charge is -2.26. The van der Waals surface area contributed by atoms with E-state index in [0.717, 1.165) is 0 Å². The first kappa shape index (κ1) is 14.0. The standard InChI is InChI=1S/C11H14ClN3O4/c1-7-11(16,2-3-19-7)6-14-10-9(15(17)18)4-8(12)5-13-10/h4-5,7,16H,2-3,6H2,1H3,(H,13,14). The number of pyridine rings is 1. The fraction of sp³-hybridized carbons (Fsp3) is 0.545. The van der Waals surface area contributed by atoms with Gasteiger partial charge in [-0.3, -0.25) is 10.1 Å². The highest BCUT2D eigenvalue weighted by molar-refractivity contribution is 6.30. The van der Waals surface area contributed by atoms with Crippen molar-refractivity contribution in [2.24, 2.45) is 0 Å². The Morgan fingerprint density at radius 3 is 3.11 bits per heavy atom. The summed E-state index contributed by atoms with van der Waals surface area (Å²) in [6, 6.07) is 1.22. The van der Waals surface area contributed by atoms with E-state index in [0.29, 0.717) is 13.0 Å². The zero-order chi connectivity index (χ0) is 14.0. The summed E-state index contributed by atoms with van der Waals surface area (Å²) in [5, 5.41) is 24.2. The van der Waals surface area contributed by atoms with Gasteiger partial charge in [-0.2, -0.15) is 0 Å². The maximum absolute atomic E-state index is 10.9. The Morgan fingerprint density at radius 2 is 2.53 bits per heavy atom. The van der Waals surface area contributed by atoms with Crippen molar-refractivity contribution in [2.45, 2.75) is 25.0 Å². The molecule has 2 N–H and O–H groups in total. The van der Waals surface area contributed by atoms with Crippen molar-refractivity contribution >= 4 is 23.1 Å². The van der Waals surface area contributed by atoms with Crippen molar-refractivity contribution in [3.8, 4) is 0 Å². The number of nitro groups is 1. The Bertz CT molecular complexity index is 499. The highest BCUT2D eigenvalue weighted by Gasteiger charge is 2.39. The second-order valence-corrected chi connectivity index (χ2v) is 4.93. The van der Waals surface area contributed by atoms with Gasteiger partial charge in [0.05, 0.1) is 16.0 Å². The fourth-order valence-corrected chi connectivity index (χ4v) is 2.10. The monoisotopic (exact) mass is 287 g/mol. The van der Waals surface area contributed by atoms with Crippen LogP contribution in [0, 0.1) is 10.1 Å². The molecule has 0 radical (unpaired) electrons. The highest BCUT2D eigenvalue weighted by atomic mass is 35.5. The third-order valence-corrected chi connectivity index (χ3v) is 3.46. The summed E-state index contributed by atoms with van der Waals surface area (Å²) in [6.45, 7) is 2.36. The quantitative estimate of drug-likeness (QED) is 0.645. The van der Waals surface area contributed by atoms with E-state index in [1.165, 1.54) is 12.3 Å². The molecular weight excluding hydrogens is 274 g/mol. The Morgan fingerprint density at radius 1 is 1.79 bits per heavy atom. The van der Waals surface area contributed by atoms with Gasteiger partial charge in [-0.05, 0) is 6.92 Å². The van der Waals surface area contributed by atoms with Crippen molar-refractivity contribution in [3.63, 3.8) is 0 Å². The summed E-state index contributed by atoms with van der Waals surface area (Å²) in [5.41, 5.74) is -1.27. The van der Waals surface area contributed by atoms with E-state index >= 15 is 0 Å². The number of hydrogen-bond acceptors (Lipinski definition) is 6. The number of halogens is 1. The zero-order valence-corrected chi connectivity index (χ0v) is 11.1. The molecule has 0 saturated carbocycles. The van der Waals surface area contributed by atoms with Gasteiger partial charge in [0.1, 0.15) is 5.60 Å². The molecule has 2 unspecified atom stereocenters. The molecule has 1 aromatic heterocycles. The molecule has 8 heteroatoms. The van der Waals surface area contributed by atoms with E-state index < -0.39 is 10.5 Å². The van der Waals surface area contributed by atoms with Gasteiger partial charge in [0.25, 0.3) is 0 Å². The van der Waals surface area contributed by atoms with E-state index in [9.17, 15) is 15.2 Å². The molecule has 0 amide bonds. The predicted octanol–water partition coefficient (Wildman–Crippen LogP) is 1.59. The molecule has 1 saturated heterocycles. The molecule has 0 bridgehead atoms. The Hall–Kier alpha value is -1.44. The normalized spacial score (nSPS) is 26.4. The van der Waals surface area contributed by atoms with E-state index in [1.54, 1.807) is 6.92 Å². The Kier molecular flexibility index (Phi) is 3.88. The highest BCUT2D eigenvalue weighted by Crippen LogP contribution is 2.29. The van der Waals surface area contributed by atoms with Gasteiger partial charge in [0.15, 0.2) is 0 Å². The minimum Gasteiger partial charge on any atom is -0.385 e. The average molecular weight is 288 g/mol. The molecule has 1 fully saturated rings. The van der Waals surface area contributed by atoms with Crippen LogP contribution in [-0.2, 0) is 4.74 Å². The summed E-state index contributed by atoms with van der Waals surface area (Å²) in [6.07, 6.45) is 1.46. The minimum absolute atomic E-state index is 0.0851. The lowest BCUT2D eigenvalue weighted by molar-refractivity contribution is -0.384. The van der Waals surface area contributed by atoms with Crippen LogP contribution in [0.1, 0.15) is 13.3 Å². The maximum Gasteiger partial charge on any atom is 0.312 e. The largest absolute Gasteiger partial charge is 0.385 e. The molecule has 2 rings (SSSR count). The lowest BCUT2D eigenvalue weighted by Crippen LogP contribution is -2.43. The average Bonchev–Trinajstić information content (AvgIpc) is 2.68. The first-order valence-corrected chi connectivity index (χ1v) is 6.18. The Balaban J connectivity index is 2.13. The van der Waals surface area contributed by atoms with E-state index in [1.807, 2.05) is 0 Å². The topological polar surface area (TPSA) is 97.5 Å². The molecule has 0 aromatic carbocycles. The molecule has 0 spiro atoms. The van der Waals surface area contributed by atoms with Gasteiger partial charge in [0.2, 0.25) is 5.82 Å². The van der Waals surface area contributed by atoms with Crippen molar-refractivity contribution in [2.75, 3.05) is 18.5 Å². The van der Waals surface area contributed by atoms with Crippen LogP contribution in [-0.4, -0.2) is 39.9 Å². The summed E-state index contributed by atoms with van der Waals surface area (Å²) in [7, 11) is 0. The van der Waals surface area contributed by atoms with E-state index in [-0.39, 0.29) is 29.2 Å². The summed E-state index contributed by atoms with van der Waals surface area (Å²) >= 11 is 5.67. The zero-order valence-electron chi connectivity index (χ0n) is 10.3. The first-order chi connectivity index (χ1) is 8.92. The molecule has 1 aliphatic rings. The number of nitrogens with zero attached hydrogens (tertiary/aromatic N) is 2. The second-order valence-electron chi connectivity index (χ2n) is 4.50. The predicted molar refractivity (Wildman–Crippen MR) is 69.4 cm³/mol. The number of ether oxygens (including phenoxy) is 1. The van der Waals surface area contributed by atoms with Crippen molar-refractivity contribution in [1.29, 1.82) is 0 Å². The van der Waals surface area contributed by atoms with Gasteiger partial charge in [-0.1, -0.05) is 11.6 Å². The van der Waals surface area contributed by atoms with Crippen LogP contribution in [0.25, 0.3) is 0 Å².